The van der Waals surface area contributed by atoms with Crippen molar-refractivity contribution in [1.82, 2.24) is 15.0 Å². The molecule has 0 saturated heterocycles. The highest BCUT2D eigenvalue weighted by atomic mass is 14.9. The van der Waals surface area contributed by atoms with Gasteiger partial charge in [0.1, 0.15) is 0 Å². The van der Waals surface area contributed by atoms with E-state index < -0.39 is 0 Å². The number of benzene rings is 1. The van der Waals surface area contributed by atoms with Crippen molar-refractivity contribution in [3.8, 4) is 22.8 Å². The summed E-state index contributed by atoms with van der Waals surface area (Å²) in [6.07, 6.45) is 1.88. The summed E-state index contributed by atoms with van der Waals surface area (Å²) in [6, 6.07) is 12.3. The molecule has 0 saturated carbocycles. The molecule has 18 heavy (non-hydrogen) atoms. The van der Waals surface area contributed by atoms with E-state index in [1.807, 2.05) is 24.4 Å². The maximum atomic E-state index is 4.45. The topological polar surface area (TPSA) is 44.5 Å². The number of aryl methyl sites for hydroxylation is 2. The van der Waals surface area contributed by atoms with Gasteiger partial charge in [0.15, 0.2) is 5.82 Å². The maximum Gasteiger partial charge on any atom is 0.154 e. The molecule has 0 amide bonds. The Bertz CT molecular complexity index is 662. The van der Waals surface area contributed by atoms with Crippen LogP contribution in [-0.2, 0) is 0 Å². The van der Waals surface area contributed by atoms with Crippen LogP contribution in [0.25, 0.3) is 22.8 Å². The lowest BCUT2D eigenvalue weighted by Gasteiger charge is -1.97. The molecule has 0 unspecified atom stereocenters. The molecule has 0 aliphatic carbocycles. The first kappa shape index (κ1) is 10.8. The fraction of sp³-hybridized carbons (Fsp3) is 0.133. The molecule has 0 fully saturated rings. The van der Waals surface area contributed by atoms with Gasteiger partial charge in [0, 0.05) is 5.69 Å². The van der Waals surface area contributed by atoms with Gasteiger partial charge in [-0.15, -0.1) is 0 Å². The van der Waals surface area contributed by atoms with E-state index in [1.54, 1.807) is 0 Å². The van der Waals surface area contributed by atoms with Crippen LogP contribution in [0, 0.1) is 13.8 Å². The zero-order valence-corrected chi connectivity index (χ0v) is 10.5. The van der Waals surface area contributed by atoms with Crippen LogP contribution in [0.2, 0.25) is 0 Å². The van der Waals surface area contributed by atoms with Gasteiger partial charge in [0.2, 0.25) is 0 Å². The summed E-state index contributed by atoms with van der Waals surface area (Å²) in [6.45, 7) is 4.14. The lowest BCUT2D eigenvalue weighted by molar-refractivity contribution is 1.20. The standard InChI is InChI=1S/C15H15N3/c1-10-8-11(2)17-14(10)15-16-9-13(18-15)12-6-4-3-5-7-12/h3-9,17H,1-2H3,(H,16,18). The average molecular weight is 237 g/mol. The minimum Gasteiger partial charge on any atom is -0.356 e. The van der Waals surface area contributed by atoms with Crippen molar-refractivity contribution in [3.05, 3.63) is 53.9 Å². The fourth-order valence-corrected chi connectivity index (χ4v) is 2.19. The zero-order chi connectivity index (χ0) is 12.5. The molecule has 1 aromatic carbocycles. The Morgan fingerprint density at radius 2 is 1.78 bits per heavy atom. The summed E-state index contributed by atoms with van der Waals surface area (Å²) in [5, 5.41) is 0. The molecule has 0 atom stereocenters. The van der Waals surface area contributed by atoms with Gasteiger partial charge in [-0.3, -0.25) is 0 Å². The predicted octanol–water partition coefficient (Wildman–Crippen LogP) is 3.69. The van der Waals surface area contributed by atoms with Gasteiger partial charge in [-0.25, -0.2) is 4.98 Å². The minimum atomic E-state index is 0.888. The van der Waals surface area contributed by atoms with Gasteiger partial charge >= 0.3 is 0 Å². The number of hydrogen-bond donors (Lipinski definition) is 2. The Kier molecular flexibility index (Phi) is 2.52. The van der Waals surface area contributed by atoms with Crippen LogP contribution in [-0.4, -0.2) is 15.0 Å². The molecular formula is C15H15N3. The van der Waals surface area contributed by atoms with E-state index in [2.05, 4.69) is 47.0 Å². The van der Waals surface area contributed by atoms with E-state index in [0.29, 0.717) is 0 Å². The number of imidazole rings is 1. The van der Waals surface area contributed by atoms with Crippen molar-refractivity contribution in [3.63, 3.8) is 0 Å². The van der Waals surface area contributed by atoms with E-state index >= 15 is 0 Å². The number of aromatic nitrogens is 3. The second kappa shape index (κ2) is 4.18. The first-order chi connectivity index (χ1) is 8.74. The molecule has 0 bridgehead atoms. The Morgan fingerprint density at radius 1 is 1.00 bits per heavy atom. The van der Waals surface area contributed by atoms with Crippen LogP contribution in [0.5, 0.6) is 0 Å². The van der Waals surface area contributed by atoms with Gasteiger partial charge in [-0.1, -0.05) is 30.3 Å². The number of aromatic amines is 2. The zero-order valence-electron chi connectivity index (χ0n) is 10.5. The van der Waals surface area contributed by atoms with Crippen LogP contribution >= 0.6 is 0 Å². The van der Waals surface area contributed by atoms with E-state index in [-0.39, 0.29) is 0 Å². The van der Waals surface area contributed by atoms with Gasteiger partial charge in [-0.05, 0) is 31.0 Å². The normalized spacial score (nSPS) is 10.8. The molecule has 90 valence electrons. The number of rotatable bonds is 2. The number of hydrogen-bond acceptors (Lipinski definition) is 1. The molecule has 2 heterocycles. The van der Waals surface area contributed by atoms with Crippen molar-refractivity contribution >= 4 is 0 Å². The lowest BCUT2D eigenvalue weighted by Crippen LogP contribution is -1.84. The molecule has 0 aliphatic heterocycles. The summed E-state index contributed by atoms with van der Waals surface area (Å²) in [5.74, 6) is 0.888. The van der Waals surface area contributed by atoms with Gasteiger partial charge in [-0.2, -0.15) is 0 Å². The van der Waals surface area contributed by atoms with Crippen molar-refractivity contribution in [1.29, 1.82) is 0 Å². The van der Waals surface area contributed by atoms with Crippen molar-refractivity contribution in [2.45, 2.75) is 13.8 Å². The molecule has 2 N–H and O–H groups in total. The predicted molar refractivity (Wildman–Crippen MR) is 73.3 cm³/mol. The van der Waals surface area contributed by atoms with Crippen LogP contribution in [0.4, 0.5) is 0 Å². The largest absolute Gasteiger partial charge is 0.356 e. The smallest absolute Gasteiger partial charge is 0.154 e. The molecule has 3 nitrogen and oxygen atoms in total. The second-order valence-corrected chi connectivity index (χ2v) is 4.52. The highest BCUT2D eigenvalue weighted by Gasteiger charge is 2.09. The molecule has 2 aromatic heterocycles. The Balaban J connectivity index is 2.02. The second-order valence-electron chi connectivity index (χ2n) is 4.52. The molecule has 0 aliphatic rings. The van der Waals surface area contributed by atoms with Gasteiger partial charge < -0.3 is 9.97 Å². The number of H-pyrrole nitrogens is 2. The molecule has 3 rings (SSSR count). The third-order valence-electron chi connectivity index (χ3n) is 3.05. The molecule has 0 spiro atoms. The summed E-state index contributed by atoms with van der Waals surface area (Å²) in [4.78, 5) is 11.1. The Morgan fingerprint density at radius 3 is 2.44 bits per heavy atom. The van der Waals surface area contributed by atoms with E-state index in [1.165, 1.54) is 5.56 Å². The summed E-state index contributed by atoms with van der Waals surface area (Å²) in [7, 11) is 0. The summed E-state index contributed by atoms with van der Waals surface area (Å²) < 4.78 is 0. The third-order valence-corrected chi connectivity index (χ3v) is 3.05. The molecule has 3 heteroatoms. The third kappa shape index (κ3) is 1.84. The van der Waals surface area contributed by atoms with Crippen LogP contribution < -0.4 is 0 Å². The molecule has 3 aromatic rings. The Hall–Kier alpha value is -2.29. The molecular weight excluding hydrogens is 222 g/mol. The first-order valence-electron chi connectivity index (χ1n) is 6.01. The average Bonchev–Trinajstić information content (AvgIpc) is 2.97. The van der Waals surface area contributed by atoms with Crippen LogP contribution in [0.15, 0.2) is 42.6 Å². The van der Waals surface area contributed by atoms with Crippen molar-refractivity contribution in [2.24, 2.45) is 0 Å². The maximum absolute atomic E-state index is 4.45. The van der Waals surface area contributed by atoms with Crippen LogP contribution in [0.1, 0.15) is 11.3 Å². The lowest BCUT2D eigenvalue weighted by atomic mass is 10.2. The highest BCUT2D eigenvalue weighted by Crippen LogP contribution is 2.24. The summed E-state index contributed by atoms with van der Waals surface area (Å²) in [5.41, 5.74) is 5.62. The highest BCUT2D eigenvalue weighted by molar-refractivity contribution is 5.64. The molecule has 0 radical (unpaired) electrons. The SMILES string of the molecule is Cc1cc(C)c(-c2ncc(-c3ccccc3)[nH]2)[nH]1. The minimum absolute atomic E-state index is 0.888. The fourth-order valence-electron chi connectivity index (χ4n) is 2.19. The van der Waals surface area contributed by atoms with Gasteiger partial charge in [0.05, 0.1) is 17.6 Å². The van der Waals surface area contributed by atoms with Crippen LogP contribution in [0.3, 0.4) is 0 Å². The number of nitrogens with one attached hydrogen (secondary N) is 2. The van der Waals surface area contributed by atoms with Crippen molar-refractivity contribution < 1.29 is 0 Å². The van der Waals surface area contributed by atoms with Crippen molar-refractivity contribution in [2.75, 3.05) is 0 Å². The number of nitrogens with zero attached hydrogens (tertiary/aromatic N) is 1. The quantitative estimate of drug-likeness (QED) is 0.701. The van der Waals surface area contributed by atoms with Gasteiger partial charge in [0.25, 0.3) is 0 Å². The van der Waals surface area contributed by atoms with E-state index in [4.69, 9.17) is 0 Å². The summed E-state index contributed by atoms with van der Waals surface area (Å²) >= 11 is 0. The van der Waals surface area contributed by atoms with E-state index in [0.717, 1.165) is 28.5 Å². The Labute approximate surface area is 106 Å². The monoisotopic (exact) mass is 237 g/mol. The first-order valence-corrected chi connectivity index (χ1v) is 6.01. The van der Waals surface area contributed by atoms with E-state index in [9.17, 15) is 0 Å².